The highest BCUT2D eigenvalue weighted by Gasteiger charge is 2.26. The number of carbonyl (C=O) groups is 1. The molecule has 0 saturated heterocycles. The molecular weight excluding hydrogens is 713 g/mol. The maximum Gasteiger partial charge on any atom is 0.296 e. The van der Waals surface area contributed by atoms with Gasteiger partial charge in [-0.3, -0.25) is 18.5 Å². The Hall–Kier alpha value is -4.34. The summed E-state index contributed by atoms with van der Waals surface area (Å²) in [5.41, 5.74) is -2.05. The van der Waals surface area contributed by atoms with E-state index in [2.05, 4.69) is 25.7 Å². The molecule has 0 aliphatic heterocycles. The highest BCUT2D eigenvalue weighted by molar-refractivity contribution is 7.86. The van der Waals surface area contributed by atoms with Gasteiger partial charge in [-0.2, -0.15) is 25.3 Å². The highest BCUT2D eigenvalue weighted by Crippen LogP contribution is 2.45. The van der Waals surface area contributed by atoms with Crippen molar-refractivity contribution in [1.29, 1.82) is 0 Å². The number of aromatic nitrogens is 2. The van der Waals surface area contributed by atoms with E-state index in [1.54, 1.807) is 0 Å². The van der Waals surface area contributed by atoms with Crippen LogP contribution >= 0.6 is 23.2 Å². The quantitative estimate of drug-likeness (QED) is 0.107. The molecule has 0 unspecified atom stereocenters. The molecule has 21 heteroatoms. The topological polar surface area (TPSA) is 263 Å². The van der Waals surface area contributed by atoms with Crippen molar-refractivity contribution in [3.8, 4) is 5.75 Å². The first kappa shape index (κ1) is 33.0. The third-order valence-corrected chi connectivity index (χ3v) is 9.46. The Morgan fingerprint density at radius 2 is 1.37 bits per heavy atom. The summed E-state index contributed by atoms with van der Waals surface area (Å²) in [6, 6.07) is 10.7. The third-order valence-electron chi connectivity index (χ3n) is 6.30. The lowest BCUT2D eigenvalue weighted by Gasteiger charge is -2.15. The van der Waals surface area contributed by atoms with Crippen LogP contribution in [0.1, 0.15) is 10.4 Å². The largest absolute Gasteiger partial charge is 0.505 e. The average Bonchev–Trinajstić information content (AvgIpc) is 2.96. The van der Waals surface area contributed by atoms with E-state index in [9.17, 15) is 48.8 Å². The predicted molar refractivity (Wildman–Crippen MR) is 163 cm³/mol. The first-order valence-corrected chi connectivity index (χ1v) is 17.1. The lowest BCUT2D eigenvalue weighted by molar-refractivity contribution is 0.102. The Morgan fingerprint density at radius 1 is 0.739 bits per heavy atom. The van der Waals surface area contributed by atoms with Crippen molar-refractivity contribution < 1.29 is 48.8 Å². The number of benzene rings is 4. The second-order valence-electron chi connectivity index (χ2n) is 9.23. The summed E-state index contributed by atoms with van der Waals surface area (Å²) in [6.45, 7) is 0. The van der Waals surface area contributed by atoms with Crippen LogP contribution in [0.2, 0.25) is 10.3 Å². The molecule has 16 nitrogen and oxygen atoms in total. The lowest BCUT2D eigenvalue weighted by atomic mass is 10.1. The number of amides is 1. The number of hydrogen-bond acceptors (Lipinski definition) is 12. The standard InChI is InChI=1S/C25H15Cl2N5O11S3/c26-23-14-6-5-11(8-15(14)24(27)32-31-23)25(34)28-17-10-13(44(35,36)37)7-12-9-19(46(41,42)43)21(22(33)20(12)17)30-29-16-3-1-2-4-18(16)45(38,39)40/h1-10,33H,(H,28,34)(H,35,36,37)(H,38,39,40)(H,41,42,43). The van der Waals surface area contributed by atoms with Crippen LogP contribution in [0.15, 0.2) is 85.6 Å². The Balaban J connectivity index is 1.75. The van der Waals surface area contributed by atoms with Crippen LogP contribution in [-0.4, -0.2) is 60.1 Å². The van der Waals surface area contributed by atoms with Crippen LogP contribution in [-0.2, 0) is 30.4 Å². The molecule has 1 amide bonds. The molecule has 46 heavy (non-hydrogen) atoms. The number of carbonyl (C=O) groups excluding carboxylic acids is 1. The molecule has 5 aromatic rings. The number of phenols is 1. The van der Waals surface area contributed by atoms with Gasteiger partial charge < -0.3 is 10.4 Å². The fourth-order valence-corrected chi connectivity index (χ4v) is 6.51. The van der Waals surface area contributed by atoms with E-state index in [0.29, 0.717) is 11.5 Å². The lowest BCUT2D eigenvalue weighted by Crippen LogP contribution is -2.13. The fourth-order valence-electron chi connectivity index (χ4n) is 4.29. The number of anilines is 1. The maximum atomic E-state index is 13.3. The second kappa shape index (κ2) is 11.8. The summed E-state index contributed by atoms with van der Waals surface area (Å²) in [7, 11) is -15.1. The summed E-state index contributed by atoms with van der Waals surface area (Å²) >= 11 is 12.1. The molecule has 5 N–H and O–H groups in total. The minimum Gasteiger partial charge on any atom is -0.505 e. The van der Waals surface area contributed by atoms with Crippen LogP contribution in [0.25, 0.3) is 21.5 Å². The second-order valence-corrected chi connectivity index (χ2v) is 14.1. The predicted octanol–water partition coefficient (Wildman–Crippen LogP) is 5.20. The zero-order valence-electron chi connectivity index (χ0n) is 22.2. The number of rotatable bonds is 7. The molecule has 0 aliphatic rings. The SMILES string of the molecule is O=C(Nc1cc(S(=O)(=O)O)cc2cc(S(=O)(=O)O)c(N=Nc3ccccc3S(=O)(=O)O)c(O)c12)c1ccc2c(Cl)nnc(Cl)c2c1. The van der Waals surface area contributed by atoms with Crippen LogP contribution in [0, 0.1) is 0 Å². The number of azo groups is 1. The molecule has 0 bridgehead atoms. The fraction of sp³-hybridized carbons (Fsp3) is 0. The normalized spacial score (nSPS) is 12.6. The summed E-state index contributed by atoms with van der Waals surface area (Å²) in [6.07, 6.45) is 0. The minimum absolute atomic E-state index is 0.0151. The van der Waals surface area contributed by atoms with E-state index >= 15 is 0 Å². The van der Waals surface area contributed by atoms with E-state index in [-0.39, 0.29) is 21.3 Å². The van der Waals surface area contributed by atoms with Gasteiger partial charge in [0.15, 0.2) is 16.1 Å². The van der Waals surface area contributed by atoms with E-state index in [0.717, 1.165) is 24.3 Å². The Bertz CT molecular complexity index is 2490. The molecule has 238 valence electrons. The van der Waals surface area contributed by atoms with E-state index in [4.69, 9.17) is 23.2 Å². The van der Waals surface area contributed by atoms with E-state index < -0.39 is 84.5 Å². The van der Waals surface area contributed by atoms with Gasteiger partial charge in [-0.15, -0.1) is 20.4 Å². The molecule has 0 aliphatic carbocycles. The zero-order valence-corrected chi connectivity index (χ0v) is 26.2. The first-order chi connectivity index (χ1) is 21.4. The summed E-state index contributed by atoms with van der Waals surface area (Å²) < 4.78 is 101. The molecule has 0 spiro atoms. The number of aromatic hydroxyl groups is 1. The maximum absolute atomic E-state index is 13.3. The Kier molecular flexibility index (Phi) is 8.47. The van der Waals surface area contributed by atoms with E-state index in [1.807, 2.05) is 0 Å². The number of halogens is 2. The van der Waals surface area contributed by atoms with Gasteiger partial charge in [-0.1, -0.05) is 41.4 Å². The molecule has 0 radical (unpaired) electrons. The van der Waals surface area contributed by atoms with Crippen LogP contribution in [0.4, 0.5) is 17.1 Å². The molecule has 1 aromatic heterocycles. The number of hydrogen-bond donors (Lipinski definition) is 5. The summed E-state index contributed by atoms with van der Waals surface area (Å²) in [5, 5.41) is 27.7. The molecule has 0 saturated carbocycles. The third kappa shape index (κ3) is 6.48. The van der Waals surface area contributed by atoms with Gasteiger partial charge in [0, 0.05) is 21.7 Å². The number of fused-ring (bicyclic) bond motifs is 2. The van der Waals surface area contributed by atoms with Crippen molar-refractivity contribution in [3.63, 3.8) is 0 Å². The molecule has 0 fully saturated rings. The Labute approximate surface area is 268 Å². The van der Waals surface area contributed by atoms with Crippen molar-refractivity contribution in [1.82, 2.24) is 10.2 Å². The van der Waals surface area contributed by atoms with Gasteiger partial charge in [0.05, 0.1) is 10.6 Å². The minimum atomic E-state index is -5.26. The average molecular weight is 729 g/mol. The van der Waals surface area contributed by atoms with Crippen molar-refractivity contribution >= 4 is 98.1 Å². The van der Waals surface area contributed by atoms with Crippen LogP contribution in [0.3, 0.4) is 0 Å². The van der Waals surface area contributed by atoms with Crippen molar-refractivity contribution in [2.45, 2.75) is 14.7 Å². The molecule has 1 heterocycles. The summed E-state index contributed by atoms with van der Waals surface area (Å²) in [5.74, 6) is -2.01. The van der Waals surface area contributed by atoms with Gasteiger partial charge in [0.2, 0.25) is 0 Å². The summed E-state index contributed by atoms with van der Waals surface area (Å²) in [4.78, 5) is 10.6. The van der Waals surface area contributed by atoms with Gasteiger partial charge in [0.25, 0.3) is 36.3 Å². The molecular formula is C25H15Cl2N5O11S3. The number of phenolic OH excluding ortho intramolecular Hbond substituents is 1. The molecule has 0 atom stereocenters. The molecule has 4 aromatic carbocycles. The van der Waals surface area contributed by atoms with Crippen molar-refractivity contribution in [2.24, 2.45) is 10.2 Å². The van der Waals surface area contributed by atoms with Crippen molar-refractivity contribution in [3.05, 3.63) is 76.5 Å². The van der Waals surface area contributed by atoms with E-state index in [1.165, 1.54) is 30.3 Å². The first-order valence-electron chi connectivity index (χ1n) is 12.1. The van der Waals surface area contributed by atoms with Gasteiger partial charge in [-0.25, -0.2) is 0 Å². The van der Waals surface area contributed by atoms with Crippen molar-refractivity contribution in [2.75, 3.05) is 5.32 Å². The van der Waals surface area contributed by atoms with Gasteiger partial charge >= 0.3 is 0 Å². The van der Waals surface area contributed by atoms with Gasteiger partial charge in [0.1, 0.15) is 21.2 Å². The zero-order chi connectivity index (χ0) is 33.8. The Morgan fingerprint density at radius 3 is 2.00 bits per heavy atom. The van der Waals surface area contributed by atoms with Gasteiger partial charge in [-0.05, 0) is 47.9 Å². The molecule has 5 rings (SSSR count). The van der Waals surface area contributed by atoms with Crippen LogP contribution in [0.5, 0.6) is 5.75 Å². The number of nitrogens with zero attached hydrogens (tertiary/aromatic N) is 4. The monoisotopic (exact) mass is 727 g/mol. The van der Waals surface area contributed by atoms with Crippen LogP contribution < -0.4 is 5.32 Å². The number of nitrogens with one attached hydrogen (secondary N) is 1. The highest BCUT2D eigenvalue weighted by atomic mass is 35.5. The smallest absolute Gasteiger partial charge is 0.296 e.